The van der Waals surface area contributed by atoms with Gasteiger partial charge in [-0.15, -0.1) is 0 Å². The van der Waals surface area contributed by atoms with E-state index < -0.39 is 5.97 Å². The summed E-state index contributed by atoms with van der Waals surface area (Å²) in [6.45, 7) is 7.85. The molecule has 0 aromatic carbocycles. The summed E-state index contributed by atoms with van der Waals surface area (Å²) >= 11 is 0. The average molecular weight is 298 g/mol. The fourth-order valence-electron chi connectivity index (χ4n) is 2.71. The molecule has 5 nitrogen and oxygen atoms in total. The van der Waals surface area contributed by atoms with E-state index in [1.165, 1.54) is 12.8 Å². The SMILES string of the molecule is CCC(CCNC(=O)NCC1(C(C)C)CC1)CCC(=O)O. The van der Waals surface area contributed by atoms with Crippen molar-refractivity contribution in [2.75, 3.05) is 13.1 Å². The first-order valence-electron chi connectivity index (χ1n) is 8.13. The molecule has 0 aliphatic heterocycles. The molecular formula is C16H30N2O3. The Balaban J connectivity index is 2.13. The van der Waals surface area contributed by atoms with Crippen molar-refractivity contribution in [3.8, 4) is 0 Å². The van der Waals surface area contributed by atoms with E-state index in [-0.39, 0.29) is 12.5 Å². The molecule has 0 aromatic rings. The number of hydrogen-bond acceptors (Lipinski definition) is 2. The summed E-state index contributed by atoms with van der Waals surface area (Å²) in [5.41, 5.74) is 0.324. The predicted molar refractivity (Wildman–Crippen MR) is 83.2 cm³/mol. The number of carboxylic acids is 1. The van der Waals surface area contributed by atoms with Crippen molar-refractivity contribution in [2.24, 2.45) is 17.3 Å². The number of amides is 2. The molecule has 0 bridgehead atoms. The van der Waals surface area contributed by atoms with Gasteiger partial charge in [0, 0.05) is 19.5 Å². The Morgan fingerprint density at radius 3 is 2.33 bits per heavy atom. The first-order valence-corrected chi connectivity index (χ1v) is 8.13. The second-order valence-electron chi connectivity index (χ2n) is 6.62. The number of carboxylic acid groups (broad SMARTS) is 1. The molecule has 0 saturated heterocycles. The Hall–Kier alpha value is -1.26. The maximum atomic E-state index is 11.8. The fraction of sp³-hybridized carbons (Fsp3) is 0.875. The summed E-state index contributed by atoms with van der Waals surface area (Å²) in [7, 11) is 0. The number of aliphatic carboxylic acids is 1. The molecule has 3 N–H and O–H groups in total. The van der Waals surface area contributed by atoms with Gasteiger partial charge in [0.15, 0.2) is 0 Å². The van der Waals surface area contributed by atoms with Gasteiger partial charge in [0.25, 0.3) is 0 Å². The molecule has 2 amide bonds. The zero-order valence-electron chi connectivity index (χ0n) is 13.6. The number of carbonyl (C=O) groups excluding carboxylic acids is 1. The summed E-state index contributed by atoms with van der Waals surface area (Å²) in [4.78, 5) is 22.3. The second kappa shape index (κ2) is 8.25. The van der Waals surface area contributed by atoms with E-state index in [1.54, 1.807) is 0 Å². The van der Waals surface area contributed by atoms with Gasteiger partial charge >= 0.3 is 12.0 Å². The predicted octanol–water partition coefficient (Wildman–Crippen LogP) is 3.00. The van der Waals surface area contributed by atoms with Crippen LogP contribution < -0.4 is 10.6 Å². The first kappa shape index (κ1) is 17.8. The minimum atomic E-state index is -0.748. The molecule has 1 saturated carbocycles. The van der Waals surface area contributed by atoms with Crippen LogP contribution in [0.2, 0.25) is 0 Å². The van der Waals surface area contributed by atoms with Crippen LogP contribution in [0.3, 0.4) is 0 Å². The summed E-state index contributed by atoms with van der Waals surface area (Å²) in [6, 6.07) is -0.102. The van der Waals surface area contributed by atoms with E-state index in [9.17, 15) is 9.59 Å². The molecule has 1 aliphatic carbocycles. The zero-order valence-corrected chi connectivity index (χ0v) is 13.6. The van der Waals surface area contributed by atoms with E-state index in [4.69, 9.17) is 5.11 Å². The van der Waals surface area contributed by atoms with Crippen LogP contribution in [-0.2, 0) is 4.79 Å². The molecule has 1 fully saturated rings. The molecule has 0 heterocycles. The highest BCUT2D eigenvalue weighted by molar-refractivity contribution is 5.73. The summed E-state index contributed by atoms with van der Waals surface area (Å²) in [5.74, 6) is 0.229. The maximum Gasteiger partial charge on any atom is 0.314 e. The van der Waals surface area contributed by atoms with Gasteiger partial charge in [0.2, 0.25) is 0 Å². The monoisotopic (exact) mass is 298 g/mol. The van der Waals surface area contributed by atoms with Crippen molar-refractivity contribution < 1.29 is 14.7 Å². The summed E-state index contributed by atoms with van der Waals surface area (Å²) in [6.07, 6.45) is 5.10. The third kappa shape index (κ3) is 6.36. The second-order valence-corrected chi connectivity index (χ2v) is 6.62. The molecule has 122 valence electrons. The Morgan fingerprint density at radius 1 is 1.19 bits per heavy atom. The molecule has 1 aliphatic rings. The smallest absolute Gasteiger partial charge is 0.314 e. The normalized spacial score (nSPS) is 17.3. The van der Waals surface area contributed by atoms with Crippen LogP contribution in [0.15, 0.2) is 0 Å². The Kier molecular flexibility index (Phi) is 6.99. The van der Waals surface area contributed by atoms with E-state index in [2.05, 4.69) is 31.4 Å². The third-order valence-corrected chi connectivity index (χ3v) is 4.90. The van der Waals surface area contributed by atoms with Crippen LogP contribution in [-0.4, -0.2) is 30.2 Å². The number of rotatable bonds is 10. The van der Waals surface area contributed by atoms with E-state index in [0.717, 1.165) is 19.4 Å². The molecule has 0 aromatic heterocycles. The van der Waals surface area contributed by atoms with Crippen LogP contribution in [0.25, 0.3) is 0 Å². The van der Waals surface area contributed by atoms with Crippen LogP contribution in [0.5, 0.6) is 0 Å². The van der Waals surface area contributed by atoms with Crippen molar-refractivity contribution in [3.63, 3.8) is 0 Å². The molecule has 21 heavy (non-hydrogen) atoms. The third-order valence-electron chi connectivity index (χ3n) is 4.90. The van der Waals surface area contributed by atoms with Gasteiger partial charge in [-0.05, 0) is 42.9 Å². The van der Waals surface area contributed by atoms with Gasteiger partial charge in [-0.2, -0.15) is 0 Å². The van der Waals surface area contributed by atoms with E-state index in [0.29, 0.717) is 30.2 Å². The topological polar surface area (TPSA) is 78.4 Å². The van der Waals surface area contributed by atoms with Crippen molar-refractivity contribution in [1.82, 2.24) is 10.6 Å². The van der Waals surface area contributed by atoms with Gasteiger partial charge in [-0.3, -0.25) is 4.79 Å². The summed E-state index contributed by atoms with van der Waals surface area (Å²) in [5, 5.41) is 14.5. The van der Waals surface area contributed by atoms with Crippen LogP contribution in [0.4, 0.5) is 4.79 Å². The van der Waals surface area contributed by atoms with Crippen LogP contribution in [0, 0.1) is 17.3 Å². The Bertz CT molecular complexity index is 351. The van der Waals surface area contributed by atoms with Gasteiger partial charge in [-0.25, -0.2) is 4.79 Å². The largest absolute Gasteiger partial charge is 0.481 e. The van der Waals surface area contributed by atoms with Crippen molar-refractivity contribution >= 4 is 12.0 Å². The van der Waals surface area contributed by atoms with Crippen molar-refractivity contribution in [1.29, 1.82) is 0 Å². The van der Waals surface area contributed by atoms with Gasteiger partial charge in [-0.1, -0.05) is 27.2 Å². The molecule has 1 unspecified atom stereocenters. The molecular weight excluding hydrogens is 268 g/mol. The number of nitrogens with one attached hydrogen (secondary N) is 2. The van der Waals surface area contributed by atoms with Crippen molar-refractivity contribution in [2.45, 2.75) is 59.3 Å². The highest BCUT2D eigenvalue weighted by Gasteiger charge is 2.45. The number of urea groups is 1. The highest BCUT2D eigenvalue weighted by atomic mass is 16.4. The lowest BCUT2D eigenvalue weighted by Gasteiger charge is -2.20. The first-order chi connectivity index (χ1) is 9.89. The van der Waals surface area contributed by atoms with Gasteiger partial charge < -0.3 is 15.7 Å². The molecule has 0 spiro atoms. The quantitative estimate of drug-likeness (QED) is 0.580. The zero-order chi connectivity index (χ0) is 15.9. The number of hydrogen-bond donors (Lipinski definition) is 3. The lowest BCUT2D eigenvalue weighted by Crippen LogP contribution is -2.40. The fourth-order valence-corrected chi connectivity index (χ4v) is 2.71. The Morgan fingerprint density at radius 2 is 1.86 bits per heavy atom. The Labute approximate surface area is 127 Å². The summed E-state index contributed by atoms with van der Waals surface area (Å²) < 4.78 is 0. The molecule has 1 rings (SSSR count). The van der Waals surface area contributed by atoms with Gasteiger partial charge in [0.1, 0.15) is 0 Å². The van der Waals surface area contributed by atoms with Gasteiger partial charge in [0.05, 0.1) is 0 Å². The lowest BCUT2D eigenvalue weighted by atomic mass is 9.92. The van der Waals surface area contributed by atoms with E-state index >= 15 is 0 Å². The van der Waals surface area contributed by atoms with Crippen LogP contribution >= 0.6 is 0 Å². The maximum absolute atomic E-state index is 11.8. The molecule has 0 radical (unpaired) electrons. The van der Waals surface area contributed by atoms with E-state index in [1.807, 2.05) is 0 Å². The molecule has 1 atom stereocenters. The minimum Gasteiger partial charge on any atom is -0.481 e. The lowest BCUT2D eigenvalue weighted by molar-refractivity contribution is -0.137. The minimum absolute atomic E-state index is 0.102. The van der Waals surface area contributed by atoms with Crippen LogP contribution in [0.1, 0.15) is 59.3 Å². The average Bonchev–Trinajstić information content (AvgIpc) is 3.21. The number of carbonyl (C=O) groups is 2. The standard InChI is InChI=1S/C16H30N2O3/c1-4-13(5-6-14(19)20)7-10-17-15(21)18-11-16(8-9-16)12(2)3/h12-13H,4-11H2,1-3H3,(H,19,20)(H2,17,18,21). The molecule has 5 heteroatoms. The van der Waals surface area contributed by atoms with Crippen molar-refractivity contribution in [3.05, 3.63) is 0 Å². The highest BCUT2D eigenvalue weighted by Crippen LogP contribution is 2.51.